The Morgan fingerprint density at radius 2 is 1.83 bits per heavy atom. The maximum atomic E-state index is 2.60. The molecule has 0 aromatic heterocycles. The van der Waals surface area contributed by atoms with E-state index < -0.39 is 0 Å². The topological polar surface area (TPSA) is 3.24 Å². The Balaban J connectivity index is 1.98. The number of likely N-dealkylation sites (tertiary alicyclic amines) is 1. The maximum Gasteiger partial charge on any atom is 0.0233 e. The van der Waals surface area contributed by atoms with E-state index in [0.29, 0.717) is 0 Å². The summed E-state index contributed by atoms with van der Waals surface area (Å²) < 4.78 is 0. The van der Waals surface area contributed by atoms with E-state index in [9.17, 15) is 0 Å². The van der Waals surface area contributed by atoms with Gasteiger partial charge in [-0.25, -0.2) is 0 Å². The molecule has 1 aliphatic rings. The average molecular weight is 245 g/mol. The fraction of sp³-hybridized carbons (Fsp3) is 0.647. The fourth-order valence-electron chi connectivity index (χ4n) is 2.80. The number of benzene rings is 1. The summed E-state index contributed by atoms with van der Waals surface area (Å²) in [5.74, 6) is 0.868. The van der Waals surface area contributed by atoms with Gasteiger partial charge in [-0.1, -0.05) is 52.0 Å². The number of hydrogen-bond donors (Lipinski definition) is 0. The summed E-state index contributed by atoms with van der Waals surface area (Å²) in [5, 5.41) is 0. The van der Waals surface area contributed by atoms with Gasteiger partial charge in [-0.15, -0.1) is 0 Å². The third-order valence-electron chi connectivity index (χ3n) is 3.97. The lowest BCUT2D eigenvalue weighted by Gasteiger charge is -2.31. The fourth-order valence-corrected chi connectivity index (χ4v) is 2.80. The summed E-state index contributed by atoms with van der Waals surface area (Å²) in [6.45, 7) is 12.8. The van der Waals surface area contributed by atoms with E-state index in [1.54, 1.807) is 0 Å². The molecule has 0 amide bonds. The van der Waals surface area contributed by atoms with Crippen LogP contribution in [0, 0.1) is 5.92 Å². The van der Waals surface area contributed by atoms with Crippen molar-refractivity contribution in [1.82, 2.24) is 4.90 Å². The second-order valence-corrected chi connectivity index (χ2v) is 6.93. The molecule has 0 aliphatic carbocycles. The zero-order chi connectivity index (χ0) is 13.2. The largest absolute Gasteiger partial charge is 0.299 e. The van der Waals surface area contributed by atoms with Gasteiger partial charge < -0.3 is 0 Å². The van der Waals surface area contributed by atoms with E-state index in [-0.39, 0.29) is 5.41 Å². The zero-order valence-electron chi connectivity index (χ0n) is 12.4. The van der Waals surface area contributed by atoms with E-state index in [1.807, 2.05) is 0 Å². The van der Waals surface area contributed by atoms with E-state index in [4.69, 9.17) is 0 Å². The SMILES string of the molecule is CC1CCCN(Cc2ccc(C(C)(C)C)cc2)C1. The van der Waals surface area contributed by atoms with Crippen molar-refractivity contribution in [2.45, 2.75) is 52.5 Å². The summed E-state index contributed by atoms with van der Waals surface area (Å²) in [7, 11) is 0. The monoisotopic (exact) mass is 245 g/mol. The maximum absolute atomic E-state index is 2.60. The van der Waals surface area contributed by atoms with E-state index in [2.05, 4.69) is 56.9 Å². The Morgan fingerprint density at radius 3 is 2.39 bits per heavy atom. The van der Waals surface area contributed by atoms with Crippen molar-refractivity contribution in [3.63, 3.8) is 0 Å². The van der Waals surface area contributed by atoms with Gasteiger partial charge in [-0.05, 0) is 41.8 Å². The third kappa shape index (κ3) is 3.58. The lowest BCUT2D eigenvalue weighted by Crippen LogP contribution is -2.33. The van der Waals surface area contributed by atoms with E-state index in [1.165, 1.54) is 37.1 Å². The molecule has 1 aromatic carbocycles. The van der Waals surface area contributed by atoms with E-state index in [0.717, 1.165) is 12.5 Å². The molecule has 1 fully saturated rings. The Hall–Kier alpha value is -0.820. The molecular formula is C17H27N. The van der Waals surface area contributed by atoms with Gasteiger partial charge in [-0.3, -0.25) is 4.90 Å². The van der Waals surface area contributed by atoms with Crippen molar-refractivity contribution in [3.8, 4) is 0 Å². The minimum Gasteiger partial charge on any atom is -0.299 e. The van der Waals surface area contributed by atoms with Crippen molar-refractivity contribution in [3.05, 3.63) is 35.4 Å². The van der Waals surface area contributed by atoms with Gasteiger partial charge in [0.15, 0.2) is 0 Å². The lowest BCUT2D eigenvalue weighted by atomic mass is 9.86. The van der Waals surface area contributed by atoms with Crippen molar-refractivity contribution in [2.75, 3.05) is 13.1 Å². The van der Waals surface area contributed by atoms with Crippen molar-refractivity contribution < 1.29 is 0 Å². The van der Waals surface area contributed by atoms with E-state index >= 15 is 0 Å². The van der Waals surface area contributed by atoms with Crippen molar-refractivity contribution in [2.24, 2.45) is 5.92 Å². The van der Waals surface area contributed by atoms with Crippen LogP contribution in [-0.2, 0) is 12.0 Å². The van der Waals surface area contributed by atoms with Crippen LogP contribution < -0.4 is 0 Å². The first-order valence-electron chi connectivity index (χ1n) is 7.27. The van der Waals surface area contributed by atoms with Gasteiger partial charge in [0.1, 0.15) is 0 Å². The quantitative estimate of drug-likeness (QED) is 0.754. The highest BCUT2D eigenvalue weighted by atomic mass is 15.1. The minimum absolute atomic E-state index is 0.262. The summed E-state index contributed by atoms with van der Waals surface area (Å²) in [6, 6.07) is 9.20. The van der Waals surface area contributed by atoms with Gasteiger partial charge in [0.2, 0.25) is 0 Å². The first-order valence-corrected chi connectivity index (χ1v) is 7.27. The lowest BCUT2D eigenvalue weighted by molar-refractivity contribution is 0.176. The highest BCUT2D eigenvalue weighted by Crippen LogP contribution is 2.23. The van der Waals surface area contributed by atoms with Crippen LogP contribution in [0.3, 0.4) is 0 Å². The molecular weight excluding hydrogens is 218 g/mol. The van der Waals surface area contributed by atoms with Gasteiger partial charge in [0.05, 0.1) is 0 Å². The second-order valence-electron chi connectivity index (χ2n) is 6.93. The summed E-state index contributed by atoms with van der Waals surface area (Å²) in [6.07, 6.45) is 2.76. The first-order chi connectivity index (χ1) is 8.45. The van der Waals surface area contributed by atoms with Gasteiger partial charge in [-0.2, -0.15) is 0 Å². The smallest absolute Gasteiger partial charge is 0.0233 e. The molecule has 0 N–H and O–H groups in total. The Labute approximate surface area is 112 Å². The number of nitrogens with zero attached hydrogens (tertiary/aromatic N) is 1. The van der Waals surface area contributed by atoms with Crippen LogP contribution in [0.4, 0.5) is 0 Å². The zero-order valence-corrected chi connectivity index (χ0v) is 12.4. The van der Waals surface area contributed by atoms with Crippen LogP contribution in [0.5, 0.6) is 0 Å². The third-order valence-corrected chi connectivity index (χ3v) is 3.97. The van der Waals surface area contributed by atoms with Gasteiger partial charge in [0.25, 0.3) is 0 Å². The van der Waals surface area contributed by atoms with Crippen LogP contribution in [0.1, 0.15) is 51.7 Å². The summed E-state index contributed by atoms with van der Waals surface area (Å²) in [5.41, 5.74) is 3.15. The van der Waals surface area contributed by atoms with Crippen LogP contribution in [0.15, 0.2) is 24.3 Å². The number of rotatable bonds is 2. The van der Waals surface area contributed by atoms with Crippen LogP contribution in [0.2, 0.25) is 0 Å². The molecule has 1 unspecified atom stereocenters. The molecule has 1 nitrogen and oxygen atoms in total. The molecule has 1 saturated heterocycles. The Kier molecular flexibility index (Phi) is 4.11. The Morgan fingerprint density at radius 1 is 1.17 bits per heavy atom. The van der Waals surface area contributed by atoms with Crippen molar-refractivity contribution >= 4 is 0 Å². The highest BCUT2D eigenvalue weighted by Gasteiger charge is 2.17. The normalized spacial score (nSPS) is 22.1. The van der Waals surface area contributed by atoms with Crippen LogP contribution >= 0.6 is 0 Å². The molecule has 2 rings (SSSR count). The number of piperidine rings is 1. The van der Waals surface area contributed by atoms with Crippen molar-refractivity contribution in [1.29, 1.82) is 0 Å². The standard InChI is InChI=1S/C17H27N/c1-14-6-5-11-18(12-14)13-15-7-9-16(10-8-15)17(2,3)4/h7-10,14H,5-6,11-13H2,1-4H3. The molecule has 1 aliphatic heterocycles. The molecule has 18 heavy (non-hydrogen) atoms. The van der Waals surface area contributed by atoms with Crippen LogP contribution in [0.25, 0.3) is 0 Å². The molecule has 1 heteroatoms. The highest BCUT2D eigenvalue weighted by molar-refractivity contribution is 5.27. The molecule has 0 bridgehead atoms. The molecule has 100 valence electrons. The second kappa shape index (κ2) is 5.44. The minimum atomic E-state index is 0.262. The number of hydrogen-bond acceptors (Lipinski definition) is 1. The van der Waals surface area contributed by atoms with Gasteiger partial charge >= 0.3 is 0 Å². The predicted molar refractivity (Wildman–Crippen MR) is 78.8 cm³/mol. The molecule has 0 radical (unpaired) electrons. The molecule has 1 atom stereocenters. The molecule has 0 saturated carbocycles. The summed E-state index contributed by atoms with van der Waals surface area (Å²) >= 11 is 0. The van der Waals surface area contributed by atoms with Crippen LogP contribution in [-0.4, -0.2) is 18.0 Å². The predicted octanol–water partition coefficient (Wildman–Crippen LogP) is 4.22. The summed E-state index contributed by atoms with van der Waals surface area (Å²) in [4.78, 5) is 2.60. The molecule has 1 aromatic rings. The first kappa shape index (κ1) is 13.6. The van der Waals surface area contributed by atoms with Gasteiger partial charge in [0, 0.05) is 13.1 Å². The molecule has 0 spiro atoms. The average Bonchev–Trinajstić information content (AvgIpc) is 2.28. The Bertz CT molecular complexity index is 372. The molecule has 1 heterocycles.